The quantitative estimate of drug-likeness (QED) is 0.799. The summed E-state index contributed by atoms with van der Waals surface area (Å²) in [6, 6.07) is 3.60. The molecule has 104 valence electrons. The minimum absolute atomic E-state index is 0.398. The van der Waals surface area contributed by atoms with Crippen molar-refractivity contribution in [2.75, 3.05) is 5.32 Å². The average Bonchev–Trinajstić information content (AvgIpc) is 2.25. The van der Waals surface area contributed by atoms with Gasteiger partial charge in [0.05, 0.1) is 5.92 Å². The Kier molecular flexibility index (Phi) is 5.44. The van der Waals surface area contributed by atoms with Crippen molar-refractivity contribution in [1.29, 1.82) is 0 Å². The van der Waals surface area contributed by atoms with Gasteiger partial charge in [-0.3, -0.25) is 4.79 Å². The fourth-order valence-corrected chi connectivity index (χ4v) is 1.86. The fourth-order valence-electron chi connectivity index (χ4n) is 1.34. The van der Waals surface area contributed by atoms with Crippen LogP contribution in [0.3, 0.4) is 0 Å². The highest BCUT2D eigenvalue weighted by atomic mass is 35.5. The van der Waals surface area contributed by atoms with Crippen molar-refractivity contribution in [3.05, 3.63) is 28.2 Å². The molecule has 2 amide bonds. The Labute approximate surface area is 120 Å². The van der Waals surface area contributed by atoms with E-state index in [9.17, 15) is 9.59 Å². The molecule has 1 aromatic rings. The van der Waals surface area contributed by atoms with Crippen molar-refractivity contribution in [2.24, 2.45) is 5.92 Å². The van der Waals surface area contributed by atoms with Gasteiger partial charge in [-0.2, -0.15) is 0 Å². The summed E-state index contributed by atoms with van der Waals surface area (Å²) in [5.41, 5.74) is 0.435. The van der Waals surface area contributed by atoms with Gasteiger partial charge in [0.25, 0.3) is 0 Å². The first-order valence-electron chi connectivity index (χ1n) is 5.56. The van der Waals surface area contributed by atoms with E-state index in [1.54, 1.807) is 13.0 Å². The van der Waals surface area contributed by atoms with Crippen LogP contribution in [-0.2, 0) is 4.79 Å². The molecule has 0 aliphatic rings. The maximum atomic E-state index is 11.7. The molecule has 0 radical (unpaired) electrons. The van der Waals surface area contributed by atoms with E-state index in [1.165, 1.54) is 19.1 Å². The molecule has 1 rings (SSSR count). The summed E-state index contributed by atoms with van der Waals surface area (Å²) in [5, 5.41) is 14.7. The number of hydrogen-bond acceptors (Lipinski definition) is 2. The second-order valence-corrected chi connectivity index (χ2v) is 5.05. The summed E-state index contributed by atoms with van der Waals surface area (Å²) in [6.07, 6.45) is 0. The molecule has 0 bridgehead atoms. The molecule has 0 aromatic heterocycles. The summed E-state index contributed by atoms with van der Waals surface area (Å²) < 4.78 is 0. The average molecular weight is 305 g/mol. The van der Waals surface area contributed by atoms with Gasteiger partial charge in [-0.1, -0.05) is 23.2 Å². The van der Waals surface area contributed by atoms with Crippen molar-refractivity contribution in [3.8, 4) is 0 Å². The zero-order valence-corrected chi connectivity index (χ0v) is 11.9. The summed E-state index contributed by atoms with van der Waals surface area (Å²) in [4.78, 5) is 22.4. The van der Waals surface area contributed by atoms with E-state index in [0.717, 1.165) is 0 Å². The van der Waals surface area contributed by atoms with Crippen molar-refractivity contribution in [2.45, 2.75) is 19.9 Å². The molecule has 0 saturated carbocycles. The Hall–Kier alpha value is -1.46. The lowest BCUT2D eigenvalue weighted by atomic mass is 10.0. The maximum Gasteiger partial charge on any atom is 0.319 e. The molecule has 5 nitrogen and oxygen atoms in total. The highest BCUT2D eigenvalue weighted by molar-refractivity contribution is 6.35. The number of carbonyl (C=O) groups excluding carboxylic acids is 1. The van der Waals surface area contributed by atoms with Crippen LogP contribution in [0.1, 0.15) is 13.8 Å². The molecular weight excluding hydrogens is 291 g/mol. The Morgan fingerprint density at radius 3 is 2.16 bits per heavy atom. The van der Waals surface area contributed by atoms with E-state index in [4.69, 9.17) is 28.3 Å². The number of nitrogens with one attached hydrogen (secondary N) is 2. The van der Waals surface area contributed by atoms with Crippen molar-refractivity contribution in [3.63, 3.8) is 0 Å². The van der Waals surface area contributed by atoms with Gasteiger partial charge >= 0.3 is 12.0 Å². The summed E-state index contributed by atoms with van der Waals surface area (Å²) >= 11 is 11.6. The first-order valence-corrected chi connectivity index (χ1v) is 6.31. The van der Waals surface area contributed by atoms with Crippen LogP contribution in [0.5, 0.6) is 0 Å². The van der Waals surface area contributed by atoms with Crippen LogP contribution < -0.4 is 10.6 Å². The lowest BCUT2D eigenvalue weighted by molar-refractivity contribution is -0.141. The number of carboxylic acids is 1. The summed E-state index contributed by atoms with van der Waals surface area (Å²) in [6.45, 7) is 3.13. The van der Waals surface area contributed by atoms with Crippen LogP contribution >= 0.6 is 23.2 Å². The predicted molar refractivity (Wildman–Crippen MR) is 74.9 cm³/mol. The van der Waals surface area contributed by atoms with Gasteiger partial charge in [-0.25, -0.2) is 4.79 Å². The molecule has 0 saturated heterocycles. The van der Waals surface area contributed by atoms with Crippen molar-refractivity contribution >= 4 is 40.9 Å². The van der Waals surface area contributed by atoms with Crippen LogP contribution in [-0.4, -0.2) is 23.1 Å². The number of aliphatic carboxylic acids is 1. The third-order valence-corrected chi connectivity index (χ3v) is 3.06. The molecule has 0 heterocycles. The molecule has 19 heavy (non-hydrogen) atoms. The smallest absolute Gasteiger partial charge is 0.319 e. The molecule has 1 aromatic carbocycles. The van der Waals surface area contributed by atoms with Gasteiger partial charge in [0.2, 0.25) is 0 Å². The fraction of sp³-hybridized carbons (Fsp3) is 0.333. The standard InChI is InChI=1S/C12H14Cl2N2O3/c1-6(11(17)18)7(2)15-12(19)16-10-4-8(13)3-9(14)5-10/h3-7H,1-2H3,(H,17,18)(H2,15,16,19). The number of urea groups is 1. The van der Waals surface area contributed by atoms with Gasteiger partial charge in [-0.05, 0) is 32.0 Å². The molecule has 0 fully saturated rings. The van der Waals surface area contributed by atoms with Gasteiger partial charge in [0.1, 0.15) is 0 Å². The molecular formula is C12H14Cl2N2O3. The largest absolute Gasteiger partial charge is 0.481 e. The first kappa shape index (κ1) is 15.6. The van der Waals surface area contributed by atoms with Crippen LogP contribution in [0.25, 0.3) is 0 Å². The minimum atomic E-state index is -0.974. The number of rotatable bonds is 4. The Bertz CT molecular complexity index is 474. The topological polar surface area (TPSA) is 78.4 Å². The zero-order chi connectivity index (χ0) is 14.6. The van der Waals surface area contributed by atoms with E-state index in [-0.39, 0.29) is 0 Å². The number of benzene rings is 1. The highest BCUT2D eigenvalue weighted by Crippen LogP contribution is 2.22. The zero-order valence-electron chi connectivity index (χ0n) is 10.4. The monoisotopic (exact) mass is 304 g/mol. The lowest BCUT2D eigenvalue weighted by Gasteiger charge is -2.18. The van der Waals surface area contributed by atoms with Gasteiger partial charge < -0.3 is 15.7 Å². The summed E-state index contributed by atoms with van der Waals surface area (Å²) in [7, 11) is 0. The molecule has 7 heteroatoms. The number of amides is 2. The van der Waals surface area contributed by atoms with Gasteiger partial charge in [0.15, 0.2) is 0 Å². The predicted octanol–water partition coefficient (Wildman–Crippen LogP) is 3.22. The summed E-state index contributed by atoms with van der Waals surface area (Å²) in [5.74, 6) is -1.66. The first-order chi connectivity index (χ1) is 8.79. The van der Waals surface area contributed by atoms with E-state index < -0.39 is 24.0 Å². The van der Waals surface area contributed by atoms with E-state index >= 15 is 0 Å². The number of carbonyl (C=O) groups is 2. The van der Waals surface area contributed by atoms with Crippen molar-refractivity contribution in [1.82, 2.24) is 5.32 Å². The molecule has 0 aliphatic carbocycles. The van der Waals surface area contributed by atoms with Crippen LogP contribution in [0.15, 0.2) is 18.2 Å². The normalized spacial score (nSPS) is 13.5. The molecule has 2 unspecified atom stereocenters. The van der Waals surface area contributed by atoms with Gasteiger partial charge in [0, 0.05) is 21.8 Å². The Morgan fingerprint density at radius 1 is 1.16 bits per heavy atom. The van der Waals surface area contributed by atoms with E-state index in [2.05, 4.69) is 10.6 Å². The second-order valence-electron chi connectivity index (χ2n) is 4.17. The van der Waals surface area contributed by atoms with Crippen LogP contribution in [0, 0.1) is 5.92 Å². The van der Waals surface area contributed by atoms with Crippen molar-refractivity contribution < 1.29 is 14.7 Å². The number of carboxylic acid groups (broad SMARTS) is 1. The second kappa shape index (κ2) is 6.63. The number of anilines is 1. The highest BCUT2D eigenvalue weighted by Gasteiger charge is 2.20. The Balaban J connectivity index is 2.62. The third kappa shape index (κ3) is 4.96. The third-order valence-electron chi connectivity index (χ3n) is 2.62. The molecule has 0 spiro atoms. The maximum absolute atomic E-state index is 11.7. The molecule has 2 atom stereocenters. The molecule has 0 aliphatic heterocycles. The Morgan fingerprint density at radius 2 is 1.68 bits per heavy atom. The van der Waals surface area contributed by atoms with Crippen LogP contribution in [0.4, 0.5) is 10.5 Å². The SMILES string of the molecule is CC(NC(=O)Nc1cc(Cl)cc(Cl)c1)C(C)C(=O)O. The number of hydrogen-bond donors (Lipinski definition) is 3. The van der Waals surface area contributed by atoms with Gasteiger partial charge in [-0.15, -0.1) is 0 Å². The van der Waals surface area contributed by atoms with E-state index in [0.29, 0.717) is 15.7 Å². The van der Waals surface area contributed by atoms with Crippen LogP contribution in [0.2, 0.25) is 10.0 Å². The van der Waals surface area contributed by atoms with E-state index in [1.807, 2.05) is 0 Å². The number of halogens is 2. The lowest BCUT2D eigenvalue weighted by Crippen LogP contribution is -2.42. The molecule has 3 N–H and O–H groups in total. The minimum Gasteiger partial charge on any atom is -0.481 e.